The van der Waals surface area contributed by atoms with Crippen LogP contribution in [0.1, 0.15) is 0 Å². The van der Waals surface area contributed by atoms with Gasteiger partial charge in [0.2, 0.25) is 5.91 Å². The summed E-state index contributed by atoms with van der Waals surface area (Å²) in [6.45, 7) is -0.0272. The van der Waals surface area contributed by atoms with E-state index in [9.17, 15) is 9.59 Å². The number of carbonyl (C=O) groups excluding carboxylic acids is 1. The lowest BCUT2D eigenvalue weighted by molar-refractivity contribution is -0.116. The van der Waals surface area contributed by atoms with Crippen molar-refractivity contribution in [3.63, 3.8) is 0 Å². The number of nitrogens with zero attached hydrogens (tertiary/aromatic N) is 2. The zero-order valence-electron chi connectivity index (χ0n) is 14.9. The Labute approximate surface area is 156 Å². The first-order chi connectivity index (χ1) is 13.1. The molecule has 3 aromatic carbocycles. The molecule has 0 aliphatic carbocycles. The number of hydrogen-bond acceptors (Lipinski definition) is 2. The van der Waals surface area contributed by atoms with Crippen molar-refractivity contribution in [3.05, 3.63) is 89.3 Å². The number of aromatic nitrogens is 2. The van der Waals surface area contributed by atoms with Gasteiger partial charge in [-0.3, -0.25) is 13.9 Å². The highest BCUT2D eigenvalue weighted by atomic mass is 16.2. The molecule has 5 nitrogen and oxygen atoms in total. The van der Waals surface area contributed by atoms with Crippen molar-refractivity contribution in [2.24, 2.45) is 7.05 Å². The van der Waals surface area contributed by atoms with Gasteiger partial charge in [-0.15, -0.1) is 0 Å². The van der Waals surface area contributed by atoms with Gasteiger partial charge in [0, 0.05) is 12.7 Å². The van der Waals surface area contributed by atoms with Crippen LogP contribution in [0.5, 0.6) is 0 Å². The van der Waals surface area contributed by atoms with Crippen LogP contribution in [0.3, 0.4) is 0 Å². The number of fused-ring (bicyclic) bond motifs is 1. The molecule has 0 radical (unpaired) electrons. The normalized spacial score (nSPS) is 10.9. The smallest absolute Gasteiger partial charge is 0.325 e. The monoisotopic (exact) mass is 357 g/mol. The highest BCUT2D eigenvalue weighted by Gasteiger charge is 2.13. The van der Waals surface area contributed by atoms with E-state index in [1.54, 1.807) is 11.6 Å². The Morgan fingerprint density at radius 3 is 2.11 bits per heavy atom. The predicted molar refractivity (Wildman–Crippen MR) is 108 cm³/mol. The Balaban J connectivity index is 1.52. The number of amides is 1. The maximum absolute atomic E-state index is 12.5. The molecule has 134 valence electrons. The molecule has 27 heavy (non-hydrogen) atoms. The molecule has 4 rings (SSSR count). The van der Waals surface area contributed by atoms with E-state index in [1.807, 2.05) is 78.9 Å². The van der Waals surface area contributed by atoms with Crippen molar-refractivity contribution in [2.45, 2.75) is 6.54 Å². The zero-order valence-corrected chi connectivity index (χ0v) is 14.9. The summed E-state index contributed by atoms with van der Waals surface area (Å²) in [5, 5.41) is 2.86. The molecule has 0 bridgehead atoms. The van der Waals surface area contributed by atoms with E-state index in [4.69, 9.17) is 0 Å². The van der Waals surface area contributed by atoms with Crippen LogP contribution in [-0.2, 0) is 18.4 Å². The fourth-order valence-corrected chi connectivity index (χ4v) is 3.24. The van der Waals surface area contributed by atoms with Gasteiger partial charge in [-0.25, -0.2) is 4.79 Å². The SMILES string of the molecule is Cn1c(=O)n(CC(=O)Nc2ccc(-c3ccccc3)cc2)c2ccccc21. The van der Waals surface area contributed by atoms with Crippen LogP contribution < -0.4 is 11.0 Å². The minimum Gasteiger partial charge on any atom is -0.325 e. The first-order valence-electron chi connectivity index (χ1n) is 8.73. The fraction of sp³-hybridized carbons (Fsp3) is 0.0909. The lowest BCUT2D eigenvalue weighted by atomic mass is 10.1. The number of aryl methyl sites for hydroxylation is 1. The van der Waals surface area contributed by atoms with E-state index in [0.717, 1.165) is 22.2 Å². The first kappa shape index (κ1) is 16.8. The van der Waals surface area contributed by atoms with E-state index in [-0.39, 0.29) is 18.1 Å². The molecule has 0 unspecified atom stereocenters. The number of nitrogens with one attached hydrogen (secondary N) is 1. The summed E-state index contributed by atoms with van der Waals surface area (Å²) >= 11 is 0. The van der Waals surface area contributed by atoms with E-state index in [0.29, 0.717) is 5.69 Å². The highest BCUT2D eigenvalue weighted by molar-refractivity contribution is 5.92. The summed E-state index contributed by atoms with van der Waals surface area (Å²) in [5.41, 5.74) is 4.26. The van der Waals surface area contributed by atoms with Gasteiger partial charge < -0.3 is 5.32 Å². The molecule has 1 heterocycles. The van der Waals surface area contributed by atoms with Gasteiger partial charge in [0.25, 0.3) is 0 Å². The van der Waals surface area contributed by atoms with Crippen LogP contribution in [0.15, 0.2) is 83.7 Å². The standard InChI is InChI=1S/C22H19N3O2/c1-24-19-9-5-6-10-20(19)25(22(24)27)15-21(26)23-18-13-11-17(12-14-18)16-7-3-2-4-8-16/h2-14H,15H2,1H3,(H,23,26). The van der Waals surface area contributed by atoms with Gasteiger partial charge in [-0.05, 0) is 35.4 Å². The molecule has 4 aromatic rings. The molecule has 0 atom stereocenters. The Morgan fingerprint density at radius 2 is 1.41 bits per heavy atom. The average Bonchev–Trinajstić information content (AvgIpc) is 2.94. The molecule has 0 fully saturated rings. The Morgan fingerprint density at radius 1 is 0.815 bits per heavy atom. The van der Waals surface area contributed by atoms with Crippen molar-refractivity contribution >= 4 is 22.6 Å². The average molecular weight is 357 g/mol. The van der Waals surface area contributed by atoms with E-state index in [2.05, 4.69) is 5.32 Å². The number of benzene rings is 3. The summed E-state index contributed by atoms with van der Waals surface area (Å²) in [5.74, 6) is -0.235. The van der Waals surface area contributed by atoms with Crippen molar-refractivity contribution < 1.29 is 4.79 Å². The highest BCUT2D eigenvalue weighted by Crippen LogP contribution is 2.21. The van der Waals surface area contributed by atoms with Gasteiger partial charge in [-0.1, -0.05) is 54.6 Å². The molecule has 5 heteroatoms. The molecular formula is C22H19N3O2. The molecule has 0 saturated carbocycles. The topological polar surface area (TPSA) is 56.0 Å². The quantitative estimate of drug-likeness (QED) is 0.606. The third-order valence-electron chi connectivity index (χ3n) is 4.63. The van der Waals surface area contributed by atoms with E-state index in [1.165, 1.54) is 4.57 Å². The minimum atomic E-state index is -0.235. The second kappa shape index (κ2) is 6.96. The van der Waals surface area contributed by atoms with Crippen LogP contribution in [0.4, 0.5) is 5.69 Å². The Hall–Kier alpha value is -3.60. The Bertz CT molecular complexity index is 1160. The number of para-hydroxylation sites is 2. The molecule has 0 aliphatic rings. The summed E-state index contributed by atoms with van der Waals surface area (Å²) in [7, 11) is 1.71. The van der Waals surface area contributed by atoms with Crippen molar-refractivity contribution in [2.75, 3.05) is 5.32 Å². The van der Waals surface area contributed by atoms with Crippen molar-refractivity contribution in [3.8, 4) is 11.1 Å². The zero-order chi connectivity index (χ0) is 18.8. The summed E-state index contributed by atoms with van der Waals surface area (Å²) in [6.07, 6.45) is 0. The van der Waals surface area contributed by atoms with Crippen LogP contribution in [0.25, 0.3) is 22.2 Å². The Kier molecular flexibility index (Phi) is 4.34. The number of anilines is 1. The molecule has 0 saturated heterocycles. The molecule has 0 spiro atoms. The molecular weight excluding hydrogens is 338 g/mol. The van der Waals surface area contributed by atoms with Gasteiger partial charge in [0.05, 0.1) is 11.0 Å². The lowest BCUT2D eigenvalue weighted by Gasteiger charge is -2.08. The van der Waals surface area contributed by atoms with Gasteiger partial charge in [0.15, 0.2) is 0 Å². The fourth-order valence-electron chi connectivity index (χ4n) is 3.24. The molecule has 1 amide bonds. The third-order valence-corrected chi connectivity index (χ3v) is 4.63. The second-order valence-electron chi connectivity index (χ2n) is 6.41. The molecule has 0 aliphatic heterocycles. The summed E-state index contributed by atoms with van der Waals surface area (Å²) in [6, 6.07) is 25.2. The third kappa shape index (κ3) is 3.27. The summed E-state index contributed by atoms with van der Waals surface area (Å²) < 4.78 is 3.04. The van der Waals surface area contributed by atoms with Gasteiger partial charge in [-0.2, -0.15) is 0 Å². The predicted octanol–water partition coefficient (Wildman–Crippen LogP) is 3.65. The first-order valence-corrected chi connectivity index (χ1v) is 8.73. The maximum atomic E-state index is 12.5. The van der Waals surface area contributed by atoms with Crippen LogP contribution in [0, 0.1) is 0 Å². The molecule has 1 aromatic heterocycles. The number of carbonyl (C=O) groups is 1. The second-order valence-corrected chi connectivity index (χ2v) is 6.41. The lowest BCUT2D eigenvalue weighted by Crippen LogP contribution is -2.28. The van der Waals surface area contributed by atoms with Gasteiger partial charge >= 0.3 is 5.69 Å². The van der Waals surface area contributed by atoms with E-state index >= 15 is 0 Å². The summed E-state index contributed by atoms with van der Waals surface area (Å²) in [4.78, 5) is 24.9. The van der Waals surface area contributed by atoms with Crippen LogP contribution in [0.2, 0.25) is 0 Å². The van der Waals surface area contributed by atoms with Crippen molar-refractivity contribution in [1.82, 2.24) is 9.13 Å². The number of imidazole rings is 1. The van der Waals surface area contributed by atoms with E-state index < -0.39 is 0 Å². The molecule has 1 N–H and O–H groups in total. The number of rotatable bonds is 4. The maximum Gasteiger partial charge on any atom is 0.329 e. The largest absolute Gasteiger partial charge is 0.329 e. The van der Waals surface area contributed by atoms with Crippen LogP contribution >= 0.6 is 0 Å². The number of hydrogen-bond donors (Lipinski definition) is 1. The van der Waals surface area contributed by atoms with Crippen molar-refractivity contribution in [1.29, 1.82) is 0 Å². The van der Waals surface area contributed by atoms with Gasteiger partial charge in [0.1, 0.15) is 6.54 Å². The minimum absolute atomic E-state index is 0.0272. The van der Waals surface area contributed by atoms with Crippen LogP contribution in [-0.4, -0.2) is 15.0 Å².